The summed E-state index contributed by atoms with van der Waals surface area (Å²) in [4.78, 5) is 13.5. The van der Waals surface area contributed by atoms with Gasteiger partial charge in [0, 0.05) is 14.9 Å². The Morgan fingerprint density at radius 3 is 2.30 bits per heavy atom. The lowest BCUT2D eigenvalue weighted by Crippen LogP contribution is -2.07. The fraction of sp³-hybridized carbons (Fsp3) is 0.235. The van der Waals surface area contributed by atoms with Crippen molar-refractivity contribution in [1.82, 2.24) is 0 Å². The highest BCUT2D eigenvalue weighted by atomic mass is 79.9. The second-order valence-corrected chi connectivity index (χ2v) is 6.79. The number of hydrogen-bond acceptors (Lipinski definition) is 2. The topological polar surface area (TPSA) is 17.1 Å². The molecular weight excluding hydrogens is 332 g/mol. The number of ketones is 1. The molecule has 1 nitrogen and oxygen atoms in total. The molecule has 0 aliphatic rings. The highest BCUT2D eigenvalue weighted by molar-refractivity contribution is 9.10. The number of benzene rings is 2. The van der Waals surface area contributed by atoms with Crippen molar-refractivity contribution in [3.05, 3.63) is 63.1 Å². The Morgan fingerprint density at radius 1 is 1.10 bits per heavy atom. The second kappa shape index (κ2) is 6.59. The summed E-state index contributed by atoms with van der Waals surface area (Å²) in [5, 5.41) is 0. The first-order valence-electron chi connectivity index (χ1n) is 6.47. The van der Waals surface area contributed by atoms with Crippen LogP contribution in [-0.2, 0) is 0 Å². The summed E-state index contributed by atoms with van der Waals surface area (Å²) < 4.78 is 1.04. The van der Waals surface area contributed by atoms with E-state index in [2.05, 4.69) is 35.0 Å². The summed E-state index contributed by atoms with van der Waals surface area (Å²) in [6, 6.07) is 12.1. The average molecular weight is 349 g/mol. The van der Waals surface area contributed by atoms with Crippen LogP contribution in [-0.4, -0.2) is 11.5 Å². The Hall–Kier alpha value is -1.06. The molecule has 2 aromatic rings. The molecule has 0 aliphatic heterocycles. The third-order valence-electron chi connectivity index (χ3n) is 3.15. The van der Waals surface area contributed by atoms with Gasteiger partial charge in [0.25, 0.3) is 0 Å². The van der Waals surface area contributed by atoms with E-state index < -0.39 is 0 Å². The van der Waals surface area contributed by atoms with E-state index in [0.29, 0.717) is 5.75 Å². The maximum atomic E-state index is 12.4. The van der Waals surface area contributed by atoms with Gasteiger partial charge in [-0.25, -0.2) is 0 Å². The van der Waals surface area contributed by atoms with E-state index in [4.69, 9.17) is 0 Å². The SMILES string of the molecule is Cc1cc(C)c(C(=O)CSc2ccccc2Br)c(C)c1. The van der Waals surface area contributed by atoms with Crippen LogP contribution in [0.2, 0.25) is 0 Å². The summed E-state index contributed by atoms with van der Waals surface area (Å²) in [5.41, 5.74) is 4.21. The van der Waals surface area contributed by atoms with Crippen molar-refractivity contribution < 1.29 is 4.79 Å². The zero-order chi connectivity index (χ0) is 14.7. The van der Waals surface area contributed by atoms with E-state index in [0.717, 1.165) is 26.1 Å². The first-order valence-corrected chi connectivity index (χ1v) is 8.25. The molecule has 0 aliphatic carbocycles. The molecule has 0 spiro atoms. The average Bonchev–Trinajstić information content (AvgIpc) is 2.36. The van der Waals surface area contributed by atoms with E-state index in [1.54, 1.807) is 11.8 Å². The van der Waals surface area contributed by atoms with Gasteiger partial charge in [-0.15, -0.1) is 11.8 Å². The number of rotatable bonds is 4. The number of carbonyl (C=O) groups excluding carboxylic acids is 1. The third-order valence-corrected chi connectivity index (χ3v) is 5.18. The van der Waals surface area contributed by atoms with E-state index in [9.17, 15) is 4.79 Å². The van der Waals surface area contributed by atoms with Crippen molar-refractivity contribution in [2.75, 3.05) is 5.75 Å². The number of carbonyl (C=O) groups is 1. The molecule has 0 fully saturated rings. The van der Waals surface area contributed by atoms with Crippen molar-refractivity contribution >= 4 is 33.5 Å². The minimum absolute atomic E-state index is 0.195. The van der Waals surface area contributed by atoms with E-state index in [1.165, 1.54) is 5.56 Å². The summed E-state index contributed by atoms with van der Waals surface area (Å²) in [7, 11) is 0. The number of halogens is 1. The van der Waals surface area contributed by atoms with Gasteiger partial charge in [-0.3, -0.25) is 4.79 Å². The number of Topliss-reactive ketones (excluding diaryl/α,β-unsaturated/α-hetero) is 1. The summed E-state index contributed by atoms with van der Waals surface area (Å²) in [6.07, 6.45) is 0. The van der Waals surface area contributed by atoms with Crippen molar-refractivity contribution in [3.8, 4) is 0 Å². The molecule has 0 amide bonds. The second-order valence-electron chi connectivity index (χ2n) is 4.92. The predicted octanol–water partition coefficient (Wildman–Crippen LogP) is 5.35. The normalized spacial score (nSPS) is 10.6. The fourth-order valence-corrected chi connectivity index (χ4v) is 3.84. The van der Waals surface area contributed by atoms with Gasteiger partial charge in [-0.05, 0) is 60.0 Å². The molecule has 3 heteroatoms. The van der Waals surface area contributed by atoms with Gasteiger partial charge >= 0.3 is 0 Å². The lowest BCUT2D eigenvalue weighted by atomic mass is 9.97. The van der Waals surface area contributed by atoms with E-state index >= 15 is 0 Å². The summed E-state index contributed by atoms with van der Waals surface area (Å²) in [5.74, 6) is 0.661. The van der Waals surface area contributed by atoms with Crippen molar-refractivity contribution in [2.45, 2.75) is 25.7 Å². The van der Waals surface area contributed by atoms with Crippen LogP contribution in [0, 0.1) is 20.8 Å². The van der Waals surface area contributed by atoms with Crippen LogP contribution in [0.5, 0.6) is 0 Å². The quantitative estimate of drug-likeness (QED) is 0.547. The molecule has 0 N–H and O–H groups in total. The number of aryl methyl sites for hydroxylation is 3. The van der Waals surface area contributed by atoms with Gasteiger partial charge in [-0.2, -0.15) is 0 Å². The Morgan fingerprint density at radius 2 is 1.70 bits per heavy atom. The van der Waals surface area contributed by atoms with Crippen LogP contribution < -0.4 is 0 Å². The van der Waals surface area contributed by atoms with Gasteiger partial charge in [0.2, 0.25) is 0 Å². The molecule has 104 valence electrons. The maximum Gasteiger partial charge on any atom is 0.173 e. The molecule has 20 heavy (non-hydrogen) atoms. The van der Waals surface area contributed by atoms with Gasteiger partial charge in [0.1, 0.15) is 0 Å². The van der Waals surface area contributed by atoms with Crippen LogP contribution in [0.4, 0.5) is 0 Å². The molecule has 0 saturated carbocycles. The third kappa shape index (κ3) is 3.53. The van der Waals surface area contributed by atoms with Gasteiger partial charge in [0.15, 0.2) is 5.78 Å². The Labute approximate surface area is 132 Å². The summed E-state index contributed by atoms with van der Waals surface area (Å²) >= 11 is 5.08. The van der Waals surface area contributed by atoms with E-state index in [1.807, 2.05) is 38.1 Å². The van der Waals surface area contributed by atoms with Gasteiger partial charge in [0.05, 0.1) is 5.75 Å². The number of thioether (sulfide) groups is 1. The fourth-order valence-electron chi connectivity index (χ4n) is 2.40. The molecule has 0 heterocycles. The molecule has 0 aromatic heterocycles. The molecule has 2 aromatic carbocycles. The van der Waals surface area contributed by atoms with Crippen molar-refractivity contribution in [1.29, 1.82) is 0 Å². The monoisotopic (exact) mass is 348 g/mol. The van der Waals surface area contributed by atoms with Gasteiger partial charge < -0.3 is 0 Å². The Bertz CT molecular complexity index is 626. The highest BCUT2D eigenvalue weighted by Gasteiger charge is 2.13. The molecule has 0 unspecified atom stereocenters. The Kier molecular flexibility index (Phi) is 5.06. The van der Waals surface area contributed by atoms with E-state index in [-0.39, 0.29) is 5.78 Å². The molecule has 0 saturated heterocycles. The summed E-state index contributed by atoms with van der Waals surface area (Å²) in [6.45, 7) is 6.08. The van der Waals surface area contributed by atoms with Crippen LogP contribution in [0.25, 0.3) is 0 Å². The predicted molar refractivity (Wildman–Crippen MR) is 89.8 cm³/mol. The van der Waals surface area contributed by atoms with Crippen molar-refractivity contribution in [3.63, 3.8) is 0 Å². The molecule has 0 bridgehead atoms. The van der Waals surface area contributed by atoms with Crippen LogP contribution in [0.15, 0.2) is 45.8 Å². The minimum atomic E-state index is 0.195. The van der Waals surface area contributed by atoms with Crippen LogP contribution >= 0.6 is 27.7 Å². The van der Waals surface area contributed by atoms with Crippen molar-refractivity contribution in [2.24, 2.45) is 0 Å². The molecule has 0 atom stereocenters. The number of hydrogen-bond donors (Lipinski definition) is 0. The first kappa shape index (κ1) is 15.3. The lowest BCUT2D eigenvalue weighted by molar-refractivity contribution is 0.102. The smallest absolute Gasteiger partial charge is 0.173 e. The largest absolute Gasteiger partial charge is 0.293 e. The molecule has 2 rings (SSSR count). The first-order chi connectivity index (χ1) is 9.49. The highest BCUT2D eigenvalue weighted by Crippen LogP contribution is 2.28. The zero-order valence-corrected chi connectivity index (χ0v) is 14.3. The molecule has 0 radical (unpaired) electrons. The van der Waals surface area contributed by atoms with Crippen LogP contribution in [0.1, 0.15) is 27.0 Å². The molecular formula is C17H17BrOS. The standard InChI is InChI=1S/C17H17BrOS/c1-11-8-12(2)17(13(3)9-11)15(19)10-20-16-7-5-4-6-14(16)18/h4-9H,10H2,1-3H3. The van der Waals surface area contributed by atoms with Gasteiger partial charge in [-0.1, -0.05) is 29.8 Å². The maximum absolute atomic E-state index is 12.4. The lowest BCUT2D eigenvalue weighted by Gasteiger charge is -2.10. The Balaban J connectivity index is 2.16. The minimum Gasteiger partial charge on any atom is -0.293 e. The van der Waals surface area contributed by atoms with Crippen LogP contribution in [0.3, 0.4) is 0 Å². The zero-order valence-electron chi connectivity index (χ0n) is 11.9.